The Balaban J connectivity index is 2.48. The molecule has 0 saturated heterocycles. The highest BCUT2D eigenvalue weighted by Gasteiger charge is 2.27. The van der Waals surface area contributed by atoms with E-state index in [2.05, 4.69) is 5.32 Å². The summed E-state index contributed by atoms with van der Waals surface area (Å²) in [6.07, 6.45) is 0. The highest BCUT2D eigenvalue weighted by atomic mass is 16.5. The first-order chi connectivity index (χ1) is 9.49. The zero-order valence-electron chi connectivity index (χ0n) is 11.3. The summed E-state index contributed by atoms with van der Waals surface area (Å²) in [5.74, 6) is -0.596. The summed E-state index contributed by atoms with van der Waals surface area (Å²) in [5, 5.41) is 3.92. The summed E-state index contributed by atoms with van der Waals surface area (Å²) in [5.41, 5.74) is 7.29. The Hall–Kier alpha value is -2.50. The normalized spacial score (nSPS) is 18.1. The number of benzene rings is 1. The van der Waals surface area contributed by atoms with E-state index in [0.717, 1.165) is 10.9 Å². The first-order valence-corrected chi connectivity index (χ1v) is 6.35. The number of rotatable bonds is 0. The number of fused-ring (bicyclic) bond motifs is 3. The van der Waals surface area contributed by atoms with Crippen LogP contribution in [0.4, 0.5) is 11.4 Å². The molecule has 20 heavy (non-hydrogen) atoms. The lowest BCUT2D eigenvalue weighted by Gasteiger charge is -2.15. The summed E-state index contributed by atoms with van der Waals surface area (Å²) >= 11 is 0. The molecule has 3 rings (SSSR count). The number of esters is 1. The number of pyridine rings is 1. The summed E-state index contributed by atoms with van der Waals surface area (Å²) < 4.78 is 6.55. The lowest BCUT2D eigenvalue weighted by atomic mass is 10.1. The van der Waals surface area contributed by atoms with Crippen LogP contribution >= 0.6 is 0 Å². The molecule has 1 aromatic heterocycles. The van der Waals surface area contributed by atoms with Gasteiger partial charge in [-0.25, -0.2) is 4.79 Å². The molecule has 104 valence electrons. The average Bonchev–Trinajstić information content (AvgIpc) is 2.56. The van der Waals surface area contributed by atoms with Crippen molar-refractivity contribution in [3.63, 3.8) is 0 Å². The van der Waals surface area contributed by atoms with E-state index >= 15 is 0 Å². The van der Waals surface area contributed by atoms with Crippen LogP contribution in [0.15, 0.2) is 23.0 Å². The predicted octanol–water partition coefficient (Wildman–Crippen LogP) is 1.09. The highest BCUT2D eigenvalue weighted by Crippen LogP contribution is 2.29. The van der Waals surface area contributed by atoms with Crippen LogP contribution in [-0.4, -0.2) is 23.2 Å². The standard InChI is InChI=1S/C14H15N3O3/c1-7-6-20-14(19)11-12(16-7)9-5-8(15)3-4-10(9)17(2)13(11)18/h3-5,7,16H,6,15H2,1-2H3/t7-/m0/s1. The van der Waals surface area contributed by atoms with Gasteiger partial charge >= 0.3 is 5.97 Å². The minimum atomic E-state index is -0.596. The van der Waals surface area contributed by atoms with E-state index in [4.69, 9.17) is 10.5 Å². The number of nitrogens with zero attached hydrogens (tertiary/aromatic N) is 1. The Morgan fingerprint density at radius 1 is 1.40 bits per heavy atom. The van der Waals surface area contributed by atoms with Crippen molar-refractivity contribution < 1.29 is 9.53 Å². The summed E-state index contributed by atoms with van der Waals surface area (Å²) in [6, 6.07) is 5.19. The lowest BCUT2D eigenvalue weighted by Crippen LogP contribution is -2.26. The van der Waals surface area contributed by atoms with Gasteiger partial charge < -0.3 is 20.4 Å². The van der Waals surface area contributed by atoms with Gasteiger partial charge in [0.1, 0.15) is 12.2 Å². The number of carbonyl (C=O) groups is 1. The molecule has 0 radical (unpaired) electrons. The molecule has 0 unspecified atom stereocenters. The molecule has 6 nitrogen and oxygen atoms in total. The topological polar surface area (TPSA) is 86.3 Å². The molecule has 2 heterocycles. The van der Waals surface area contributed by atoms with Crippen molar-refractivity contribution in [2.75, 3.05) is 17.7 Å². The number of ether oxygens (including phenoxy) is 1. The van der Waals surface area contributed by atoms with Crippen LogP contribution in [-0.2, 0) is 11.8 Å². The number of aromatic nitrogens is 1. The summed E-state index contributed by atoms with van der Waals surface area (Å²) in [6.45, 7) is 2.11. The van der Waals surface area contributed by atoms with Crippen LogP contribution < -0.4 is 16.6 Å². The van der Waals surface area contributed by atoms with E-state index in [9.17, 15) is 9.59 Å². The van der Waals surface area contributed by atoms with Crippen molar-refractivity contribution in [1.82, 2.24) is 4.57 Å². The molecular weight excluding hydrogens is 258 g/mol. The minimum absolute atomic E-state index is 0.0370. The molecule has 0 aliphatic carbocycles. The molecule has 2 aromatic rings. The third-order valence-corrected chi connectivity index (χ3v) is 3.48. The molecule has 0 bridgehead atoms. The fraction of sp³-hybridized carbons (Fsp3) is 0.286. The average molecular weight is 273 g/mol. The molecule has 1 aliphatic rings. The Morgan fingerprint density at radius 2 is 2.15 bits per heavy atom. The van der Waals surface area contributed by atoms with Gasteiger partial charge in [0, 0.05) is 18.1 Å². The molecule has 0 amide bonds. The second-order valence-electron chi connectivity index (χ2n) is 5.03. The largest absolute Gasteiger partial charge is 0.460 e. The summed E-state index contributed by atoms with van der Waals surface area (Å²) in [7, 11) is 1.63. The molecule has 3 N–H and O–H groups in total. The van der Waals surface area contributed by atoms with Gasteiger partial charge in [-0.3, -0.25) is 4.79 Å². The SMILES string of the molecule is C[C@H]1COC(=O)c2c(c3cc(N)ccc3n(C)c2=O)N1. The van der Waals surface area contributed by atoms with E-state index < -0.39 is 5.97 Å². The maximum absolute atomic E-state index is 12.4. The van der Waals surface area contributed by atoms with E-state index in [1.54, 1.807) is 25.2 Å². The number of cyclic esters (lactones) is 1. The maximum Gasteiger partial charge on any atom is 0.346 e. The number of aryl methyl sites for hydroxylation is 1. The van der Waals surface area contributed by atoms with Crippen molar-refractivity contribution >= 4 is 28.2 Å². The van der Waals surface area contributed by atoms with Crippen molar-refractivity contribution in [3.05, 3.63) is 34.1 Å². The molecule has 1 aromatic carbocycles. The quantitative estimate of drug-likeness (QED) is 0.554. The molecule has 0 saturated carbocycles. The number of hydrogen-bond donors (Lipinski definition) is 2. The first kappa shape index (κ1) is 12.5. The third kappa shape index (κ3) is 1.72. The van der Waals surface area contributed by atoms with E-state index in [0.29, 0.717) is 11.4 Å². The van der Waals surface area contributed by atoms with Crippen LogP contribution in [0.3, 0.4) is 0 Å². The van der Waals surface area contributed by atoms with Crippen LogP contribution in [0.2, 0.25) is 0 Å². The number of anilines is 2. The van der Waals surface area contributed by atoms with Crippen LogP contribution in [0.1, 0.15) is 17.3 Å². The number of nitrogens with one attached hydrogen (secondary N) is 1. The molecule has 1 atom stereocenters. The van der Waals surface area contributed by atoms with Crippen LogP contribution in [0.5, 0.6) is 0 Å². The highest BCUT2D eigenvalue weighted by molar-refractivity contribution is 6.06. The van der Waals surface area contributed by atoms with Crippen LogP contribution in [0.25, 0.3) is 10.9 Å². The smallest absolute Gasteiger partial charge is 0.346 e. The van der Waals surface area contributed by atoms with Gasteiger partial charge in [-0.05, 0) is 25.1 Å². The van der Waals surface area contributed by atoms with Crippen molar-refractivity contribution in [3.8, 4) is 0 Å². The number of carbonyl (C=O) groups excluding carboxylic acids is 1. The summed E-state index contributed by atoms with van der Waals surface area (Å²) in [4.78, 5) is 24.4. The number of nitrogens with two attached hydrogens (primary N) is 1. The zero-order chi connectivity index (χ0) is 14.4. The fourth-order valence-corrected chi connectivity index (χ4v) is 2.47. The first-order valence-electron chi connectivity index (χ1n) is 6.35. The van der Waals surface area contributed by atoms with Gasteiger partial charge in [-0.2, -0.15) is 0 Å². The van der Waals surface area contributed by atoms with Gasteiger partial charge in [0.2, 0.25) is 0 Å². The molecule has 0 fully saturated rings. The van der Waals surface area contributed by atoms with Gasteiger partial charge in [0.25, 0.3) is 5.56 Å². The van der Waals surface area contributed by atoms with E-state index in [1.807, 2.05) is 6.92 Å². The van der Waals surface area contributed by atoms with E-state index in [-0.39, 0.29) is 23.8 Å². The van der Waals surface area contributed by atoms with E-state index in [1.165, 1.54) is 4.57 Å². The molecular formula is C14H15N3O3. The van der Waals surface area contributed by atoms with Crippen LogP contribution in [0, 0.1) is 0 Å². The van der Waals surface area contributed by atoms with Gasteiger partial charge in [0.05, 0.1) is 17.2 Å². The second-order valence-corrected chi connectivity index (χ2v) is 5.03. The zero-order valence-corrected chi connectivity index (χ0v) is 11.3. The maximum atomic E-state index is 12.4. The van der Waals surface area contributed by atoms with Crippen molar-refractivity contribution in [2.45, 2.75) is 13.0 Å². The molecule has 0 spiro atoms. The van der Waals surface area contributed by atoms with Gasteiger partial charge in [-0.1, -0.05) is 0 Å². The predicted molar refractivity (Wildman–Crippen MR) is 77.0 cm³/mol. The Bertz CT molecular complexity index is 779. The molecule has 1 aliphatic heterocycles. The van der Waals surface area contributed by atoms with Gasteiger partial charge in [0.15, 0.2) is 0 Å². The second kappa shape index (κ2) is 4.26. The van der Waals surface area contributed by atoms with Crippen molar-refractivity contribution in [2.24, 2.45) is 7.05 Å². The van der Waals surface area contributed by atoms with Crippen molar-refractivity contribution in [1.29, 1.82) is 0 Å². The monoisotopic (exact) mass is 273 g/mol. The Morgan fingerprint density at radius 3 is 2.90 bits per heavy atom. The van der Waals surface area contributed by atoms with Gasteiger partial charge in [-0.15, -0.1) is 0 Å². The lowest BCUT2D eigenvalue weighted by molar-refractivity contribution is 0.0503. The number of nitrogen functional groups attached to an aromatic ring is 1. The number of hydrogen-bond acceptors (Lipinski definition) is 5. The molecule has 6 heteroatoms. The Labute approximate surface area is 115 Å². The fourth-order valence-electron chi connectivity index (χ4n) is 2.47. The third-order valence-electron chi connectivity index (χ3n) is 3.48. The Kier molecular flexibility index (Phi) is 2.67. The minimum Gasteiger partial charge on any atom is -0.460 e.